The summed E-state index contributed by atoms with van der Waals surface area (Å²) in [7, 11) is 2.71. The first-order valence-electron chi connectivity index (χ1n) is 8.75. The number of pyridine rings is 2. The molecule has 0 aliphatic rings. The molecule has 0 aliphatic carbocycles. The van der Waals surface area contributed by atoms with Crippen LogP contribution >= 0.6 is 0 Å². The van der Waals surface area contributed by atoms with E-state index < -0.39 is 18.5 Å². The van der Waals surface area contributed by atoms with Gasteiger partial charge in [0, 0.05) is 12.3 Å². The van der Waals surface area contributed by atoms with Gasteiger partial charge in [0.25, 0.3) is 5.91 Å². The second kappa shape index (κ2) is 10.1. The molecule has 0 aromatic carbocycles. The first-order chi connectivity index (χ1) is 15.4. The number of hydrogen-bond acceptors (Lipinski definition) is 9. The van der Waals surface area contributed by atoms with E-state index in [9.17, 15) is 18.0 Å². The fourth-order valence-corrected chi connectivity index (χ4v) is 2.41. The van der Waals surface area contributed by atoms with Gasteiger partial charge in [-0.05, 0) is 6.07 Å². The highest BCUT2D eigenvalue weighted by molar-refractivity contribution is 5.93. The molecule has 0 aliphatic heterocycles. The second-order valence-electron chi connectivity index (χ2n) is 5.85. The molecule has 0 saturated heterocycles. The van der Waals surface area contributed by atoms with Gasteiger partial charge < -0.3 is 14.2 Å². The second-order valence-corrected chi connectivity index (χ2v) is 5.85. The van der Waals surface area contributed by atoms with Crippen LogP contribution in [-0.4, -0.2) is 52.9 Å². The maximum Gasteiger partial charge on any atom is 0.388 e. The maximum absolute atomic E-state index is 13.7. The Morgan fingerprint density at radius 3 is 2.66 bits per heavy atom. The number of methoxy groups -OCH3 is 2. The monoisotopic (exact) mass is 448 g/mol. The predicted octanol–water partition coefficient (Wildman–Crippen LogP) is 2.46. The van der Waals surface area contributed by atoms with E-state index in [1.165, 1.54) is 45.1 Å². The van der Waals surface area contributed by atoms with Gasteiger partial charge in [-0.25, -0.2) is 20.4 Å². The lowest BCUT2D eigenvalue weighted by Crippen LogP contribution is -2.19. The standard InChI is InChI=1S/C19H15F3N6O4/c1-30-11-3-10(17(20)25-6-11)5-26-28-18(29)14-9-23-8-13(27-14)12-7-24-16(32-19(21)22)4-15(12)31-2/h3-9,19H,1-2H3,(H,28,29)/b26-5+. The van der Waals surface area contributed by atoms with Gasteiger partial charge in [0.1, 0.15) is 17.2 Å². The van der Waals surface area contributed by atoms with Gasteiger partial charge >= 0.3 is 6.61 Å². The van der Waals surface area contributed by atoms with Crippen molar-refractivity contribution < 1.29 is 32.2 Å². The largest absolute Gasteiger partial charge is 0.496 e. The highest BCUT2D eigenvalue weighted by Gasteiger charge is 2.15. The van der Waals surface area contributed by atoms with Crippen molar-refractivity contribution >= 4 is 12.1 Å². The minimum absolute atomic E-state index is 0.00796. The van der Waals surface area contributed by atoms with Crippen LogP contribution < -0.4 is 19.6 Å². The fourth-order valence-electron chi connectivity index (χ4n) is 2.41. The molecule has 32 heavy (non-hydrogen) atoms. The molecule has 0 unspecified atom stereocenters. The fraction of sp³-hybridized carbons (Fsp3) is 0.158. The molecule has 3 aromatic heterocycles. The van der Waals surface area contributed by atoms with Gasteiger partial charge in [-0.15, -0.1) is 0 Å². The number of ether oxygens (including phenoxy) is 3. The van der Waals surface area contributed by atoms with Crippen molar-refractivity contribution in [3.05, 3.63) is 54.1 Å². The summed E-state index contributed by atoms with van der Waals surface area (Å²) < 4.78 is 52.8. The first-order valence-corrected chi connectivity index (χ1v) is 8.75. The Morgan fingerprint density at radius 2 is 1.94 bits per heavy atom. The summed E-state index contributed by atoms with van der Waals surface area (Å²) >= 11 is 0. The average molecular weight is 448 g/mol. The lowest BCUT2D eigenvalue weighted by Gasteiger charge is -2.10. The van der Waals surface area contributed by atoms with Crippen LogP contribution in [0.5, 0.6) is 17.4 Å². The third-order valence-electron chi connectivity index (χ3n) is 3.86. The number of hydrazone groups is 1. The molecular formula is C19H15F3N6O4. The molecule has 3 heterocycles. The molecule has 0 saturated carbocycles. The summed E-state index contributed by atoms with van der Waals surface area (Å²) in [5.41, 5.74) is 2.52. The van der Waals surface area contributed by atoms with Crippen LogP contribution in [0.1, 0.15) is 16.1 Å². The van der Waals surface area contributed by atoms with E-state index >= 15 is 0 Å². The SMILES string of the molecule is COc1cnc(F)c(/C=N/NC(=O)c2cncc(-c3cnc(OC(F)F)cc3OC)n2)c1. The van der Waals surface area contributed by atoms with Crippen LogP contribution in [0, 0.1) is 5.95 Å². The zero-order valence-electron chi connectivity index (χ0n) is 16.6. The predicted molar refractivity (Wildman–Crippen MR) is 104 cm³/mol. The summed E-state index contributed by atoms with van der Waals surface area (Å²) in [6.45, 7) is -3.05. The Bertz CT molecular complexity index is 1150. The Labute approximate surface area is 179 Å². The minimum Gasteiger partial charge on any atom is -0.496 e. The van der Waals surface area contributed by atoms with Crippen LogP contribution in [0.15, 0.2) is 42.0 Å². The summed E-state index contributed by atoms with van der Waals surface area (Å²) in [5.74, 6) is -1.45. The normalized spacial score (nSPS) is 10.9. The minimum atomic E-state index is -3.05. The van der Waals surface area contributed by atoms with Crippen LogP contribution in [0.25, 0.3) is 11.3 Å². The van der Waals surface area contributed by atoms with Gasteiger partial charge in [0.05, 0.1) is 55.8 Å². The number of carbonyl (C=O) groups excluding carboxylic acids is 1. The molecule has 0 bridgehead atoms. The molecule has 0 radical (unpaired) electrons. The van der Waals surface area contributed by atoms with Gasteiger partial charge in [-0.3, -0.25) is 9.78 Å². The Balaban J connectivity index is 1.78. The summed E-state index contributed by atoms with van der Waals surface area (Å²) in [6, 6.07) is 2.50. The molecule has 3 rings (SSSR count). The number of aromatic nitrogens is 4. The van der Waals surface area contributed by atoms with Crippen LogP contribution in [0.2, 0.25) is 0 Å². The molecule has 13 heteroatoms. The van der Waals surface area contributed by atoms with E-state index in [1.807, 2.05) is 0 Å². The number of nitrogens with one attached hydrogen (secondary N) is 1. The van der Waals surface area contributed by atoms with Crippen molar-refractivity contribution in [2.75, 3.05) is 14.2 Å². The number of alkyl halides is 2. The summed E-state index contributed by atoms with van der Waals surface area (Å²) in [5, 5.41) is 3.68. The van der Waals surface area contributed by atoms with Crippen molar-refractivity contribution in [1.82, 2.24) is 25.4 Å². The molecule has 1 amide bonds. The third kappa shape index (κ3) is 5.44. The molecule has 0 atom stereocenters. The van der Waals surface area contributed by atoms with Crippen LogP contribution in [0.3, 0.4) is 0 Å². The molecule has 166 valence electrons. The highest BCUT2D eigenvalue weighted by atomic mass is 19.3. The zero-order valence-corrected chi connectivity index (χ0v) is 16.6. The van der Waals surface area contributed by atoms with Crippen molar-refractivity contribution in [2.24, 2.45) is 5.10 Å². The van der Waals surface area contributed by atoms with E-state index in [2.05, 4.69) is 35.2 Å². The van der Waals surface area contributed by atoms with Crippen molar-refractivity contribution in [3.8, 4) is 28.6 Å². The van der Waals surface area contributed by atoms with Crippen molar-refractivity contribution in [2.45, 2.75) is 6.61 Å². The highest BCUT2D eigenvalue weighted by Crippen LogP contribution is 2.30. The molecule has 0 spiro atoms. The molecule has 0 fully saturated rings. The number of nitrogens with zero attached hydrogens (tertiary/aromatic N) is 5. The average Bonchev–Trinajstić information content (AvgIpc) is 2.79. The van der Waals surface area contributed by atoms with Crippen molar-refractivity contribution in [1.29, 1.82) is 0 Å². The molecule has 1 N–H and O–H groups in total. The van der Waals surface area contributed by atoms with Crippen molar-refractivity contribution in [3.63, 3.8) is 0 Å². The van der Waals surface area contributed by atoms with E-state index in [4.69, 9.17) is 9.47 Å². The Morgan fingerprint density at radius 1 is 1.12 bits per heavy atom. The van der Waals surface area contributed by atoms with Crippen LogP contribution in [0.4, 0.5) is 13.2 Å². The van der Waals surface area contributed by atoms with E-state index in [-0.39, 0.29) is 34.1 Å². The zero-order chi connectivity index (χ0) is 23.1. The van der Waals surface area contributed by atoms with E-state index in [0.29, 0.717) is 5.75 Å². The maximum atomic E-state index is 13.7. The lowest BCUT2D eigenvalue weighted by molar-refractivity contribution is -0.0529. The van der Waals surface area contributed by atoms with E-state index in [0.717, 1.165) is 12.3 Å². The van der Waals surface area contributed by atoms with Crippen LogP contribution in [-0.2, 0) is 0 Å². The number of hydrogen-bond donors (Lipinski definition) is 1. The summed E-state index contributed by atoms with van der Waals surface area (Å²) in [6.07, 6.45) is 5.94. The first kappa shape index (κ1) is 22.4. The molecule has 3 aromatic rings. The number of halogens is 3. The number of amides is 1. The lowest BCUT2D eigenvalue weighted by atomic mass is 10.2. The van der Waals surface area contributed by atoms with E-state index in [1.54, 1.807) is 0 Å². The van der Waals surface area contributed by atoms with Gasteiger partial charge in [-0.1, -0.05) is 0 Å². The topological polar surface area (TPSA) is 121 Å². The number of carbonyl (C=O) groups is 1. The Hall–Kier alpha value is -4.29. The molecular weight excluding hydrogens is 433 g/mol. The number of rotatable bonds is 8. The van der Waals surface area contributed by atoms with Gasteiger partial charge in [0.2, 0.25) is 11.8 Å². The molecule has 10 nitrogen and oxygen atoms in total. The Kier molecular flexibility index (Phi) is 7.10. The third-order valence-corrected chi connectivity index (χ3v) is 3.86. The van der Waals surface area contributed by atoms with Gasteiger partial charge in [0.15, 0.2) is 0 Å². The smallest absolute Gasteiger partial charge is 0.388 e. The van der Waals surface area contributed by atoms with Gasteiger partial charge in [-0.2, -0.15) is 18.3 Å². The quantitative estimate of drug-likeness (QED) is 0.317. The summed E-state index contributed by atoms with van der Waals surface area (Å²) in [4.78, 5) is 27.7.